The number of carbonyl (C=O) groups is 1. The molecule has 130 valence electrons. The molecule has 1 aliphatic rings. The summed E-state index contributed by atoms with van der Waals surface area (Å²) in [6.07, 6.45) is 8.78. The van der Waals surface area contributed by atoms with Crippen LogP contribution in [0.1, 0.15) is 18.4 Å². The van der Waals surface area contributed by atoms with E-state index in [0.29, 0.717) is 6.54 Å². The van der Waals surface area contributed by atoms with Gasteiger partial charge in [0.1, 0.15) is 17.6 Å². The second-order valence-corrected chi connectivity index (χ2v) is 5.96. The molecule has 0 bridgehead atoms. The van der Waals surface area contributed by atoms with E-state index in [1.807, 2.05) is 47.4 Å². The lowest BCUT2D eigenvalue weighted by molar-refractivity contribution is -0.128. The van der Waals surface area contributed by atoms with E-state index in [1.165, 1.54) is 0 Å². The fourth-order valence-corrected chi connectivity index (χ4v) is 2.83. The number of rotatable bonds is 5. The zero-order valence-electron chi connectivity index (χ0n) is 14.3. The molecule has 1 aliphatic heterocycles. The van der Waals surface area contributed by atoms with Crippen LogP contribution in [0.25, 0.3) is 6.08 Å². The Labute approximate surface area is 147 Å². The maximum absolute atomic E-state index is 12.4. The molecule has 2 aromatic rings. The highest BCUT2D eigenvalue weighted by Crippen LogP contribution is 2.18. The molecule has 2 heterocycles. The molecule has 1 saturated heterocycles. The van der Waals surface area contributed by atoms with Crippen molar-refractivity contribution >= 4 is 12.0 Å². The summed E-state index contributed by atoms with van der Waals surface area (Å²) < 4.78 is 11.1. The maximum Gasteiger partial charge on any atom is 0.246 e. The minimum Gasteiger partial charge on any atom is -0.497 e. The molecule has 1 aromatic carbocycles. The summed E-state index contributed by atoms with van der Waals surface area (Å²) in [6, 6.07) is 11.3. The molecule has 1 fully saturated rings. The minimum absolute atomic E-state index is 0.0128. The lowest BCUT2D eigenvalue weighted by atomic mass is 10.1. The number of carbonyl (C=O) groups excluding carboxylic acids is 1. The first-order valence-corrected chi connectivity index (χ1v) is 8.42. The summed E-state index contributed by atoms with van der Waals surface area (Å²) in [5.74, 6) is 1.61. The van der Waals surface area contributed by atoms with Crippen LogP contribution in [0.3, 0.4) is 0 Å². The molecule has 25 heavy (non-hydrogen) atoms. The van der Waals surface area contributed by atoms with E-state index in [4.69, 9.17) is 9.47 Å². The van der Waals surface area contributed by atoms with E-state index < -0.39 is 0 Å². The molecule has 0 aliphatic carbocycles. The van der Waals surface area contributed by atoms with E-state index in [-0.39, 0.29) is 12.0 Å². The average Bonchev–Trinajstić information content (AvgIpc) is 2.67. The van der Waals surface area contributed by atoms with Crippen molar-refractivity contribution in [3.8, 4) is 11.5 Å². The third kappa shape index (κ3) is 4.83. The van der Waals surface area contributed by atoms with Crippen LogP contribution in [-0.4, -0.2) is 42.1 Å². The normalized spacial score (nSPS) is 17.5. The van der Waals surface area contributed by atoms with Gasteiger partial charge in [0.05, 0.1) is 13.7 Å². The van der Waals surface area contributed by atoms with Crippen molar-refractivity contribution < 1.29 is 14.3 Å². The van der Waals surface area contributed by atoms with Gasteiger partial charge in [-0.3, -0.25) is 9.78 Å². The third-order valence-electron chi connectivity index (χ3n) is 4.18. The molecule has 0 saturated carbocycles. The number of benzene rings is 1. The summed E-state index contributed by atoms with van der Waals surface area (Å²) in [4.78, 5) is 18.3. The molecule has 3 rings (SSSR count). The number of nitrogens with zero attached hydrogens (tertiary/aromatic N) is 2. The minimum atomic E-state index is 0.0128. The van der Waals surface area contributed by atoms with Gasteiger partial charge in [0, 0.05) is 25.0 Å². The average molecular weight is 338 g/mol. The van der Waals surface area contributed by atoms with Crippen LogP contribution in [0, 0.1) is 0 Å². The quantitative estimate of drug-likeness (QED) is 0.786. The predicted molar refractivity (Wildman–Crippen MR) is 96.5 cm³/mol. The van der Waals surface area contributed by atoms with Crippen LogP contribution >= 0.6 is 0 Å². The van der Waals surface area contributed by atoms with E-state index in [9.17, 15) is 4.79 Å². The summed E-state index contributed by atoms with van der Waals surface area (Å²) >= 11 is 0. The highest BCUT2D eigenvalue weighted by molar-refractivity contribution is 5.91. The first kappa shape index (κ1) is 17.0. The second-order valence-electron chi connectivity index (χ2n) is 5.96. The molecule has 0 radical (unpaired) electrons. The van der Waals surface area contributed by atoms with Crippen LogP contribution in [0.15, 0.2) is 54.9 Å². The van der Waals surface area contributed by atoms with Gasteiger partial charge in [-0.15, -0.1) is 0 Å². The number of amides is 1. The van der Waals surface area contributed by atoms with Gasteiger partial charge in [0.15, 0.2) is 0 Å². The van der Waals surface area contributed by atoms with Gasteiger partial charge in [0.2, 0.25) is 5.91 Å². The van der Waals surface area contributed by atoms with Crippen molar-refractivity contribution in [1.29, 1.82) is 0 Å². The number of likely N-dealkylation sites (tertiary alicyclic amines) is 1. The number of aromatic nitrogens is 1. The lowest BCUT2D eigenvalue weighted by Crippen LogP contribution is -2.43. The smallest absolute Gasteiger partial charge is 0.246 e. The topological polar surface area (TPSA) is 51.7 Å². The van der Waals surface area contributed by atoms with Crippen molar-refractivity contribution in [2.24, 2.45) is 0 Å². The predicted octanol–water partition coefficient (Wildman–Crippen LogP) is 3.17. The third-order valence-corrected chi connectivity index (χ3v) is 4.18. The van der Waals surface area contributed by atoms with Crippen LogP contribution < -0.4 is 9.47 Å². The van der Waals surface area contributed by atoms with Crippen molar-refractivity contribution in [2.75, 3.05) is 20.2 Å². The Kier molecular flexibility index (Phi) is 5.67. The SMILES string of the molecule is COc1ccc(/C=C/C(=O)N2CCCC(Oc3ccncc3)C2)cc1. The molecule has 5 nitrogen and oxygen atoms in total. The Morgan fingerprint density at radius 2 is 1.92 bits per heavy atom. The molecular formula is C20H22N2O3. The van der Waals surface area contributed by atoms with Gasteiger partial charge in [-0.05, 0) is 48.7 Å². The molecule has 5 heteroatoms. The number of methoxy groups -OCH3 is 1. The van der Waals surface area contributed by atoms with Crippen LogP contribution in [0.2, 0.25) is 0 Å². The zero-order chi connectivity index (χ0) is 17.5. The highest BCUT2D eigenvalue weighted by Gasteiger charge is 2.23. The number of ether oxygens (including phenoxy) is 2. The zero-order valence-corrected chi connectivity index (χ0v) is 14.3. The molecular weight excluding hydrogens is 316 g/mol. The fourth-order valence-electron chi connectivity index (χ4n) is 2.83. The highest BCUT2D eigenvalue weighted by atomic mass is 16.5. The lowest BCUT2D eigenvalue weighted by Gasteiger charge is -2.32. The van der Waals surface area contributed by atoms with Gasteiger partial charge < -0.3 is 14.4 Å². The fraction of sp³-hybridized carbons (Fsp3) is 0.300. The van der Waals surface area contributed by atoms with Gasteiger partial charge in [-0.1, -0.05) is 12.1 Å². The van der Waals surface area contributed by atoms with Crippen molar-refractivity contribution in [3.05, 3.63) is 60.4 Å². The maximum atomic E-state index is 12.4. The molecule has 0 N–H and O–H groups in total. The van der Waals surface area contributed by atoms with Gasteiger partial charge in [0.25, 0.3) is 0 Å². The first-order chi connectivity index (χ1) is 12.2. The Hall–Kier alpha value is -2.82. The van der Waals surface area contributed by atoms with E-state index >= 15 is 0 Å². The van der Waals surface area contributed by atoms with Gasteiger partial charge in [-0.25, -0.2) is 0 Å². The van der Waals surface area contributed by atoms with E-state index in [0.717, 1.165) is 36.4 Å². The summed E-state index contributed by atoms with van der Waals surface area (Å²) in [7, 11) is 1.63. The molecule has 0 spiro atoms. The molecule has 1 unspecified atom stereocenters. The Morgan fingerprint density at radius 3 is 2.64 bits per heavy atom. The number of hydrogen-bond acceptors (Lipinski definition) is 4. The summed E-state index contributed by atoms with van der Waals surface area (Å²) in [6.45, 7) is 1.37. The summed E-state index contributed by atoms with van der Waals surface area (Å²) in [5.41, 5.74) is 0.968. The van der Waals surface area contributed by atoms with E-state index in [1.54, 1.807) is 25.6 Å². The Morgan fingerprint density at radius 1 is 1.16 bits per heavy atom. The summed E-state index contributed by atoms with van der Waals surface area (Å²) in [5, 5.41) is 0. The molecule has 1 atom stereocenters. The standard InChI is InChI=1S/C20H22N2O3/c1-24-17-7-4-16(5-8-17)6-9-20(23)22-14-2-3-19(15-22)25-18-10-12-21-13-11-18/h4-13,19H,2-3,14-15H2,1H3/b9-6+. The largest absolute Gasteiger partial charge is 0.497 e. The molecule has 1 amide bonds. The van der Waals surface area contributed by atoms with Gasteiger partial charge in [-0.2, -0.15) is 0 Å². The van der Waals surface area contributed by atoms with E-state index in [2.05, 4.69) is 4.98 Å². The number of piperidine rings is 1. The van der Waals surface area contributed by atoms with Crippen molar-refractivity contribution in [3.63, 3.8) is 0 Å². The number of hydrogen-bond donors (Lipinski definition) is 0. The van der Waals surface area contributed by atoms with Crippen LogP contribution in [0.5, 0.6) is 11.5 Å². The number of pyridine rings is 1. The monoisotopic (exact) mass is 338 g/mol. The second kappa shape index (κ2) is 8.33. The van der Waals surface area contributed by atoms with Crippen LogP contribution in [0.4, 0.5) is 0 Å². The Balaban J connectivity index is 1.56. The van der Waals surface area contributed by atoms with Crippen LogP contribution in [-0.2, 0) is 4.79 Å². The molecule has 1 aromatic heterocycles. The Bertz CT molecular complexity index is 713. The van der Waals surface area contributed by atoms with Gasteiger partial charge >= 0.3 is 0 Å². The van der Waals surface area contributed by atoms with Crippen molar-refractivity contribution in [2.45, 2.75) is 18.9 Å². The van der Waals surface area contributed by atoms with Crippen molar-refractivity contribution in [1.82, 2.24) is 9.88 Å². The first-order valence-electron chi connectivity index (χ1n) is 8.42.